The van der Waals surface area contributed by atoms with Crippen LogP contribution in [-0.2, 0) is 4.79 Å². The zero-order chi connectivity index (χ0) is 13.5. The van der Waals surface area contributed by atoms with Crippen molar-refractivity contribution in [2.45, 2.75) is 19.8 Å². The number of rotatable bonds is 6. The molecule has 1 aromatic rings. The van der Waals surface area contributed by atoms with Crippen LogP contribution in [0.2, 0.25) is 0 Å². The van der Waals surface area contributed by atoms with Gasteiger partial charge in [-0.3, -0.25) is 4.79 Å². The van der Waals surface area contributed by atoms with Crippen molar-refractivity contribution >= 4 is 17.3 Å². The molecule has 0 radical (unpaired) electrons. The smallest absolute Gasteiger partial charge is 0.228 e. The highest BCUT2D eigenvalue weighted by molar-refractivity contribution is 5.92. The fourth-order valence-electron chi connectivity index (χ4n) is 1.79. The average molecular weight is 249 g/mol. The van der Waals surface area contributed by atoms with Crippen LogP contribution in [0, 0.1) is 5.92 Å². The van der Waals surface area contributed by atoms with E-state index < -0.39 is 0 Å². The molecule has 100 valence electrons. The van der Waals surface area contributed by atoms with E-state index in [1.807, 2.05) is 43.3 Å². The standard InChI is InChI=1S/C14H23N3O/c1-4-5-11(10-15)14(18)16-12-6-8-13(9-7-12)17(2)3/h6-9,11H,4-5,10,15H2,1-3H3,(H,16,18). The highest BCUT2D eigenvalue weighted by Gasteiger charge is 2.15. The Bertz CT molecular complexity index is 373. The van der Waals surface area contributed by atoms with Crippen molar-refractivity contribution in [2.75, 3.05) is 30.9 Å². The van der Waals surface area contributed by atoms with E-state index in [2.05, 4.69) is 12.2 Å². The Balaban J connectivity index is 2.63. The summed E-state index contributed by atoms with van der Waals surface area (Å²) in [5.41, 5.74) is 7.54. The van der Waals surface area contributed by atoms with Crippen LogP contribution in [0.25, 0.3) is 0 Å². The maximum Gasteiger partial charge on any atom is 0.228 e. The summed E-state index contributed by atoms with van der Waals surface area (Å²) >= 11 is 0. The second-order valence-corrected chi connectivity index (χ2v) is 4.65. The van der Waals surface area contributed by atoms with Gasteiger partial charge >= 0.3 is 0 Å². The zero-order valence-electron chi connectivity index (χ0n) is 11.4. The normalized spacial score (nSPS) is 12.0. The van der Waals surface area contributed by atoms with Crippen LogP contribution in [0.15, 0.2) is 24.3 Å². The number of carbonyl (C=O) groups is 1. The van der Waals surface area contributed by atoms with Crippen LogP contribution in [-0.4, -0.2) is 26.5 Å². The zero-order valence-corrected chi connectivity index (χ0v) is 11.4. The SMILES string of the molecule is CCCC(CN)C(=O)Nc1ccc(N(C)C)cc1. The largest absolute Gasteiger partial charge is 0.378 e. The summed E-state index contributed by atoms with van der Waals surface area (Å²) in [6.45, 7) is 2.46. The number of anilines is 2. The van der Waals surface area contributed by atoms with Gasteiger partial charge in [0, 0.05) is 32.0 Å². The number of hydrogen-bond acceptors (Lipinski definition) is 3. The van der Waals surface area contributed by atoms with Gasteiger partial charge in [-0.25, -0.2) is 0 Å². The molecule has 0 saturated heterocycles. The van der Waals surface area contributed by atoms with Crippen LogP contribution in [0.1, 0.15) is 19.8 Å². The molecule has 0 aliphatic heterocycles. The Morgan fingerprint density at radius 2 is 1.94 bits per heavy atom. The van der Waals surface area contributed by atoms with Gasteiger partial charge in [-0.1, -0.05) is 13.3 Å². The predicted molar refractivity (Wildman–Crippen MR) is 76.9 cm³/mol. The van der Waals surface area contributed by atoms with Gasteiger partial charge in [0.25, 0.3) is 0 Å². The molecule has 4 heteroatoms. The quantitative estimate of drug-likeness (QED) is 0.811. The lowest BCUT2D eigenvalue weighted by molar-refractivity contribution is -0.119. The van der Waals surface area contributed by atoms with Crippen LogP contribution in [0.3, 0.4) is 0 Å². The fraction of sp³-hybridized carbons (Fsp3) is 0.500. The average Bonchev–Trinajstić information content (AvgIpc) is 2.36. The van der Waals surface area contributed by atoms with Crippen molar-refractivity contribution in [1.29, 1.82) is 0 Å². The van der Waals surface area contributed by atoms with E-state index in [4.69, 9.17) is 5.73 Å². The summed E-state index contributed by atoms with van der Waals surface area (Å²) in [7, 11) is 3.97. The molecule has 18 heavy (non-hydrogen) atoms. The van der Waals surface area contributed by atoms with Gasteiger partial charge in [0.1, 0.15) is 0 Å². The van der Waals surface area contributed by atoms with Crippen molar-refractivity contribution in [2.24, 2.45) is 11.7 Å². The van der Waals surface area contributed by atoms with Crippen LogP contribution >= 0.6 is 0 Å². The first-order valence-electron chi connectivity index (χ1n) is 6.36. The van der Waals surface area contributed by atoms with Gasteiger partial charge < -0.3 is 16.0 Å². The molecule has 4 nitrogen and oxygen atoms in total. The van der Waals surface area contributed by atoms with Gasteiger partial charge in [0.05, 0.1) is 5.92 Å². The number of amides is 1. The molecule has 1 amide bonds. The Morgan fingerprint density at radius 1 is 1.33 bits per heavy atom. The summed E-state index contributed by atoms with van der Waals surface area (Å²) < 4.78 is 0. The minimum atomic E-state index is -0.0940. The number of benzene rings is 1. The van der Waals surface area contributed by atoms with Crippen LogP contribution in [0.5, 0.6) is 0 Å². The molecule has 0 spiro atoms. The fourth-order valence-corrected chi connectivity index (χ4v) is 1.79. The third kappa shape index (κ3) is 4.04. The molecule has 0 fully saturated rings. The Hall–Kier alpha value is -1.55. The molecule has 0 bridgehead atoms. The van der Waals surface area contributed by atoms with Crippen molar-refractivity contribution in [3.63, 3.8) is 0 Å². The molecule has 0 aromatic heterocycles. The number of carbonyl (C=O) groups excluding carboxylic acids is 1. The van der Waals surface area contributed by atoms with E-state index >= 15 is 0 Å². The summed E-state index contributed by atoms with van der Waals surface area (Å²) in [6.07, 6.45) is 1.80. The summed E-state index contributed by atoms with van der Waals surface area (Å²) in [5.74, 6) is -0.0829. The number of hydrogen-bond donors (Lipinski definition) is 2. The molecule has 1 aromatic carbocycles. The number of nitrogens with two attached hydrogens (primary N) is 1. The molecule has 0 aliphatic carbocycles. The van der Waals surface area contributed by atoms with Gasteiger partial charge in [-0.05, 0) is 30.7 Å². The Kier molecular flexibility index (Phi) is 5.65. The van der Waals surface area contributed by atoms with E-state index in [-0.39, 0.29) is 11.8 Å². The minimum absolute atomic E-state index is 0.0111. The number of nitrogens with one attached hydrogen (secondary N) is 1. The highest BCUT2D eigenvalue weighted by Crippen LogP contribution is 2.17. The predicted octanol–water partition coefficient (Wildman–Crippen LogP) is 2.07. The molecular weight excluding hydrogens is 226 g/mol. The third-order valence-corrected chi connectivity index (χ3v) is 2.94. The molecule has 1 atom stereocenters. The van der Waals surface area contributed by atoms with Crippen molar-refractivity contribution in [3.05, 3.63) is 24.3 Å². The van der Waals surface area contributed by atoms with Crippen molar-refractivity contribution < 1.29 is 4.79 Å². The summed E-state index contributed by atoms with van der Waals surface area (Å²) in [4.78, 5) is 14.0. The second kappa shape index (κ2) is 7.01. The van der Waals surface area contributed by atoms with E-state index in [9.17, 15) is 4.79 Å². The maximum atomic E-state index is 12.0. The lowest BCUT2D eigenvalue weighted by atomic mass is 10.0. The van der Waals surface area contributed by atoms with Gasteiger partial charge in [-0.15, -0.1) is 0 Å². The lowest BCUT2D eigenvalue weighted by Gasteiger charge is -2.15. The first-order chi connectivity index (χ1) is 8.58. The molecule has 1 unspecified atom stereocenters. The van der Waals surface area contributed by atoms with Crippen LogP contribution < -0.4 is 16.0 Å². The molecule has 3 N–H and O–H groups in total. The summed E-state index contributed by atoms with van der Waals surface area (Å²) in [6, 6.07) is 7.78. The van der Waals surface area contributed by atoms with Crippen LogP contribution in [0.4, 0.5) is 11.4 Å². The molecule has 0 saturated carbocycles. The van der Waals surface area contributed by atoms with Gasteiger partial charge in [-0.2, -0.15) is 0 Å². The maximum absolute atomic E-state index is 12.0. The highest BCUT2D eigenvalue weighted by atomic mass is 16.1. The van der Waals surface area contributed by atoms with E-state index in [1.54, 1.807) is 0 Å². The second-order valence-electron chi connectivity index (χ2n) is 4.65. The molecule has 0 aliphatic rings. The van der Waals surface area contributed by atoms with E-state index in [1.165, 1.54) is 0 Å². The first kappa shape index (κ1) is 14.5. The van der Waals surface area contributed by atoms with Gasteiger partial charge in [0.2, 0.25) is 5.91 Å². The van der Waals surface area contributed by atoms with Crippen molar-refractivity contribution in [1.82, 2.24) is 0 Å². The Morgan fingerprint density at radius 3 is 2.39 bits per heavy atom. The lowest BCUT2D eigenvalue weighted by Crippen LogP contribution is -2.29. The van der Waals surface area contributed by atoms with Gasteiger partial charge in [0.15, 0.2) is 0 Å². The Labute approximate surface area is 109 Å². The molecular formula is C14H23N3O. The monoisotopic (exact) mass is 249 g/mol. The van der Waals surface area contributed by atoms with Crippen molar-refractivity contribution in [3.8, 4) is 0 Å². The molecule has 0 heterocycles. The first-order valence-corrected chi connectivity index (χ1v) is 6.36. The topological polar surface area (TPSA) is 58.4 Å². The number of nitrogens with zero attached hydrogens (tertiary/aromatic N) is 1. The minimum Gasteiger partial charge on any atom is -0.378 e. The van der Waals surface area contributed by atoms with E-state index in [0.717, 1.165) is 24.2 Å². The summed E-state index contributed by atoms with van der Waals surface area (Å²) in [5, 5.41) is 2.91. The van der Waals surface area contributed by atoms with E-state index in [0.29, 0.717) is 6.54 Å². The third-order valence-electron chi connectivity index (χ3n) is 2.94. The molecule has 1 rings (SSSR count).